The van der Waals surface area contributed by atoms with E-state index in [0.717, 1.165) is 23.5 Å². The molecule has 0 bridgehead atoms. The first-order valence-electron chi connectivity index (χ1n) is 10.2. The molecule has 3 aromatic rings. The van der Waals surface area contributed by atoms with Crippen LogP contribution in [0.4, 0.5) is 5.13 Å². The number of nitrogens with zero attached hydrogens (tertiary/aromatic N) is 4. The van der Waals surface area contributed by atoms with Gasteiger partial charge >= 0.3 is 0 Å². The van der Waals surface area contributed by atoms with E-state index in [1.165, 1.54) is 19.5 Å². The van der Waals surface area contributed by atoms with Gasteiger partial charge in [0.15, 0.2) is 6.29 Å². The van der Waals surface area contributed by atoms with Gasteiger partial charge < -0.3 is 18.9 Å². The number of amides is 1. The number of fused-ring (bicyclic) bond motifs is 1. The van der Waals surface area contributed by atoms with Gasteiger partial charge in [0.25, 0.3) is 11.1 Å². The zero-order chi connectivity index (χ0) is 22.9. The SMILES string of the molecule is COc1cnc(Cl)cc1-c1cc(C)ncc1C(=O)Nc1nnc(O[C@H]2CO[C@H]3OCC[C@H]32)s1. The van der Waals surface area contributed by atoms with Crippen LogP contribution in [0.2, 0.25) is 5.15 Å². The minimum Gasteiger partial charge on any atom is -0.494 e. The molecule has 1 N–H and O–H groups in total. The van der Waals surface area contributed by atoms with Crippen molar-refractivity contribution in [3.8, 4) is 22.1 Å². The second-order valence-corrected chi connectivity index (χ2v) is 8.91. The van der Waals surface area contributed by atoms with Gasteiger partial charge in [0, 0.05) is 23.0 Å². The molecule has 0 spiro atoms. The van der Waals surface area contributed by atoms with E-state index in [-0.39, 0.29) is 23.5 Å². The molecule has 5 rings (SSSR count). The summed E-state index contributed by atoms with van der Waals surface area (Å²) in [6.45, 7) is 2.93. The molecule has 172 valence electrons. The second kappa shape index (κ2) is 9.18. The van der Waals surface area contributed by atoms with E-state index in [9.17, 15) is 4.79 Å². The predicted octanol–water partition coefficient (Wildman–Crippen LogP) is 3.36. The molecule has 12 heteroatoms. The van der Waals surface area contributed by atoms with E-state index >= 15 is 0 Å². The summed E-state index contributed by atoms with van der Waals surface area (Å²) in [4.78, 5) is 21.4. The summed E-state index contributed by atoms with van der Waals surface area (Å²) in [5.41, 5.74) is 2.30. The summed E-state index contributed by atoms with van der Waals surface area (Å²) < 4.78 is 22.5. The van der Waals surface area contributed by atoms with Crippen LogP contribution < -0.4 is 14.8 Å². The lowest BCUT2D eigenvalue weighted by atomic mass is 10.0. The number of halogens is 1. The number of aromatic nitrogens is 4. The Morgan fingerprint density at radius 2 is 2.09 bits per heavy atom. The molecule has 0 aromatic carbocycles. The Kier molecular flexibility index (Phi) is 6.11. The monoisotopic (exact) mass is 489 g/mol. The number of carbonyl (C=O) groups is 1. The molecule has 3 atom stereocenters. The number of carbonyl (C=O) groups excluding carboxylic acids is 1. The predicted molar refractivity (Wildman–Crippen MR) is 120 cm³/mol. The van der Waals surface area contributed by atoms with Crippen LogP contribution in [-0.2, 0) is 9.47 Å². The molecule has 0 saturated carbocycles. The Hall–Kier alpha value is -2.86. The summed E-state index contributed by atoms with van der Waals surface area (Å²) in [5.74, 6) is 0.262. The molecular weight excluding hydrogens is 470 g/mol. The van der Waals surface area contributed by atoms with Gasteiger partial charge in [-0.15, -0.1) is 5.10 Å². The summed E-state index contributed by atoms with van der Waals surface area (Å²) >= 11 is 7.24. The largest absolute Gasteiger partial charge is 0.494 e. The fourth-order valence-electron chi connectivity index (χ4n) is 3.90. The fourth-order valence-corrected chi connectivity index (χ4v) is 4.71. The van der Waals surface area contributed by atoms with E-state index in [1.807, 2.05) is 6.92 Å². The molecule has 5 heterocycles. The first-order chi connectivity index (χ1) is 16.0. The van der Waals surface area contributed by atoms with Gasteiger partial charge in [-0.3, -0.25) is 15.1 Å². The van der Waals surface area contributed by atoms with Crippen LogP contribution in [0.3, 0.4) is 0 Å². The number of hydrogen-bond donors (Lipinski definition) is 1. The fraction of sp³-hybridized carbons (Fsp3) is 0.381. The minimum absolute atomic E-state index is 0.147. The van der Waals surface area contributed by atoms with Crippen molar-refractivity contribution in [2.45, 2.75) is 25.7 Å². The van der Waals surface area contributed by atoms with E-state index in [0.29, 0.717) is 46.0 Å². The number of rotatable bonds is 6. The summed E-state index contributed by atoms with van der Waals surface area (Å²) in [6, 6.07) is 3.43. The first kappa shape index (κ1) is 22.0. The van der Waals surface area contributed by atoms with Crippen molar-refractivity contribution in [3.63, 3.8) is 0 Å². The van der Waals surface area contributed by atoms with Crippen molar-refractivity contribution >= 4 is 34.0 Å². The van der Waals surface area contributed by atoms with E-state index in [2.05, 4.69) is 25.5 Å². The zero-order valence-electron chi connectivity index (χ0n) is 17.8. The van der Waals surface area contributed by atoms with Gasteiger partial charge in [0.05, 0.1) is 38.0 Å². The van der Waals surface area contributed by atoms with Gasteiger partial charge in [0.1, 0.15) is 17.0 Å². The van der Waals surface area contributed by atoms with Crippen molar-refractivity contribution in [1.29, 1.82) is 0 Å². The molecule has 0 aliphatic carbocycles. The maximum absolute atomic E-state index is 13.1. The highest BCUT2D eigenvalue weighted by molar-refractivity contribution is 7.17. The van der Waals surface area contributed by atoms with Gasteiger partial charge in [-0.05, 0) is 36.8 Å². The number of pyridine rings is 2. The van der Waals surface area contributed by atoms with E-state index in [4.69, 9.17) is 30.5 Å². The lowest BCUT2D eigenvalue weighted by Gasteiger charge is -2.14. The lowest BCUT2D eigenvalue weighted by molar-refractivity contribution is -0.0906. The average molecular weight is 490 g/mol. The van der Waals surface area contributed by atoms with Crippen molar-refractivity contribution in [2.75, 3.05) is 25.6 Å². The Morgan fingerprint density at radius 3 is 2.94 bits per heavy atom. The highest BCUT2D eigenvalue weighted by atomic mass is 35.5. The van der Waals surface area contributed by atoms with Crippen molar-refractivity contribution in [2.24, 2.45) is 5.92 Å². The van der Waals surface area contributed by atoms with Crippen molar-refractivity contribution < 1.29 is 23.7 Å². The van der Waals surface area contributed by atoms with E-state index < -0.39 is 5.91 Å². The number of methoxy groups -OCH3 is 1. The number of hydrogen-bond acceptors (Lipinski definition) is 10. The molecule has 1 amide bonds. The molecule has 0 radical (unpaired) electrons. The van der Waals surface area contributed by atoms with Crippen molar-refractivity contribution in [1.82, 2.24) is 20.2 Å². The zero-order valence-corrected chi connectivity index (χ0v) is 19.4. The molecule has 2 aliphatic heterocycles. The van der Waals surface area contributed by atoms with Gasteiger partial charge in [-0.25, -0.2) is 4.98 Å². The Balaban J connectivity index is 1.35. The highest BCUT2D eigenvalue weighted by Gasteiger charge is 2.43. The van der Waals surface area contributed by atoms with Crippen LogP contribution in [0.25, 0.3) is 11.1 Å². The molecule has 2 fully saturated rings. The van der Waals surface area contributed by atoms with E-state index in [1.54, 1.807) is 12.1 Å². The van der Waals surface area contributed by atoms with Gasteiger partial charge in [-0.1, -0.05) is 16.7 Å². The molecule has 3 aromatic heterocycles. The molecule has 33 heavy (non-hydrogen) atoms. The first-order valence-corrected chi connectivity index (χ1v) is 11.4. The Bertz CT molecular complexity index is 1190. The third kappa shape index (κ3) is 4.49. The van der Waals surface area contributed by atoms with Crippen LogP contribution in [0.15, 0.2) is 24.5 Å². The van der Waals surface area contributed by atoms with Crippen molar-refractivity contribution in [3.05, 3.63) is 40.9 Å². The lowest BCUT2D eigenvalue weighted by Crippen LogP contribution is -2.26. The van der Waals surface area contributed by atoms with Gasteiger partial charge in [-0.2, -0.15) is 0 Å². The molecule has 10 nitrogen and oxygen atoms in total. The summed E-state index contributed by atoms with van der Waals surface area (Å²) in [7, 11) is 1.53. The van der Waals surface area contributed by atoms with Crippen LogP contribution in [0.5, 0.6) is 10.9 Å². The Morgan fingerprint density at radius 1 is 1.21 bits per heavy atom. The average Bonchev–Trinajstić information content (AvgIpc) is 3.53. The topological polar surface area (TPSA) is 118 Å². The van der Waals surface area contributed by atoms with Crippen LogP contribution in [0.1, 0.15) is 22.5 Å². The number of ether oxygens (including phenoxy) is 4. The smallest absolute Gasteiger partial charge is 0.296 e. The standard InChI is InChI=1S/C21H20ClN5O5S/c1-10-5-12(13-6-17(22)24-8-15(13)29-2)14(7-23-10)18(28)25-20-26-27-21(33-20)32-16-9-31-19-11(16)3-4-30-19/h5-8,11,16,19H,3-4,9H2,1-2H3,(H,25,26,28)/t11-,16-,19+/m0/s1. The normalized spacial score (nSPS) is 21.6. The maximum atomic E-state index is 13.1. The summed E-state index contributed by atoms with van der Waals surface area (Å²) in [5, 5.41) is 11.8. The molecular formula is C21H20ClN5O5S. The Labute approximate surface area is 198 Å². The maximum Gasteiger partial charge on any atom is 0.296 e. The third-order valence-electron chi connectivity index (χ3n) is 5.49. The summed E-state index contributed by atoms with van der Waals surface area (Å²) in [6.07, 6.45) is 3.53. The molecule has 2 aliphatic rings. The van der Waals surface area contributed by atoms with Gasteiger partial charge in [0.2, 0.25) is 5.13 Å². The quantitative estimate of drug-likeness (QED) is 0.520. The number of aryl methyl sites for hydroxylation is 1. The van der Waals surface area contributed by atoms with Crippen LogP contribution >= 0.6 is 22.9 Å². The number of nitrogens with one attached hydrogen (secondary N) is 1. The van der Waals surface area contributed by atoms with Crippen LogP contribution in [0, 0.1) is 12.8 Å². The minimum atomic E-state index is -0.399. The molecule has 0 unspecified atom stereocenters. The molecule has 2 saturated heterocycles. The van der Waals surface area contributed by atoms with Crippen LogP contribution in [-0.4, -0.2) is 58.8 Å². The second-order valence-electron chi connectivity index (χ2n) is 7.59. The highest BCUT2D eigenvalue weighted by Crippen LogP contribution is 2.36. The third-order valence-corrected chi connectivity index (χ3v) is 6.43. The number of anilines is 1.